The van der Waals surface area contributed by atoms with Gasteiger partial charge < -0.3 is 13.7 Å². The molecule has 0 spiro atoms. The minimum absolute atomic E-state index is 0.444. The van der Waals surface area contributed by atoms with Crippen LogP contribution in [0.15, 0.2) is 51.4 Å². The lowest BCUT2D eigenvalue weighted by molar-refractivity contribution is 0.415. The van der Waals surface area contributed by atoms with Gasteiger partial charge in [0.15, 0.2) is 5.76 Å². The van der Waals surface area contributed by atoms with Gasteiger partial charge in [-0.1, -0.05) is 22.9 Å². The molecule has 0 saturated heterocycles. The first-order valence-electron chi connectivity index (χ1n) is 7.64. The third-order valence-corrected chi connectivity index (χ3v) is 4.04. The third-order valence-electron chi connectivity index (χ3n) is 4.04. The second-order valence-electron chi connectivity index (χ2n) is 5.71. The van der Waals surface area contributed by atoms with E-state index in [1.807, 2.05) is 56.3 Å². The van der Waals surface area contributed by atoms with Gasteiger partial charge in [0, 0.05) is 16.5 Å². The van der Waals surface area contributed by atoms with Gasteiger partial charge >= 0.3 is 0 Å². The van der Waals surface area contributed by atoms with Crippen molar-refractivity contribution >= 4 is 11.0 Å². The van der Waals surface area contributed by atoms with E-state index < -0.39 is 0 Å². The first-order valence-corrected chi connectivity index (χ1v) is 7.64. The molecule has 4 aromatic rings. The summed E-state index contributed by atoms with van der Waals surface area (Å²) in [6.45, 7) is 4.00. The summed E-state index contributed by atoms with van der Waals surface area (Å²) < 4.78 is 16.6. The second-order valence-corrected chi connectivity index (χ2v) is 5.71. The molecule has 0 aliphatic rings. The van der Waals surface area contributed by atoms with Crippen molar-refractivity contribution in [3.8, 4) is 28.8 Å². The van der Waals surface area contributed by atoms with Gasteiger partial charge in [0.1, 0.15) is 11.3 Å². The van der Waals surface area contributed by atoms with Crippen LogP contribution in [0.2, 0.25) is 0 Å². The number of hydrogen-bond acceptors (Lipinski definition) is 5. The first-order chi connectivity index (χ1) is 11.7. The van der Waals surface area contributed by atoms with E-state index in [2.05, 4.69) is 10.1 Å². The molecule has 0 saturated carbocycles. The molecule has 0 N–H and O–H groups in total. The molecule has 2 heterocycles. The number of aromatic nitrogens is 2. The lowest BCUT2D eigenvalue weighted by atomic mass is 10.1. The highest BCUT2D eigenvalue weighted by Crippen LogP contribution is 2.34. The molecule has 24 heavy (non-hydrogen) atoms. The van der Waals surface area contributed by atoms with Gasteiger partial charge in [0.05, 0.1) is 7.11 Å². The van der Waals surface area contributed by atoms with Crippen molar-refractivity contribution in [2.45, 2.75) is 13.8 Å². The molecule has 0 aliphatic heterocycles. The summed E-state index contributed by atoms with van der Waals surface area (Å²) in [7, 11) is 1.64. The quantitative estimate of drug-likeness (QED) is 0.544. The molecule has 0 amide bonds. The monoisotopic (exact) mass is 320 g/mol. The average Bonchev–Trinajstić information content (AvgIpc) is 3.20. The molecule has 120 valence electrons. The van der Waals surface area contributed by atoms with Crippen molar-refractivity contribution in [2.24, 2.45) is 0 Å². The molecule has 0 aliphatic carbocycles. The van der Waals surface area contributed by atoms with Gasteiger partial charge in [-0.2, -0.15) is 4.98 Å². The number of furan rings is 1. The Morgan fingerprint density at radius 3 is 2.71 bits per heavy atom. The van der Waals surface area contributed by atoms with Gasteiger partial charge in [-0.15, -0.1) is 0 Å². The summed E-state index contributed by atoms with van der Waals surface area (Å²) in [5.41, 5.74) is 3.76. The largest absolute Gasteiger partial charge is 0.497 e. The molecule has 4 rings (SSSR count). The maximum atomic E-state index is 5.92. The zero-order chi connectivity index (χ0) is 16.7. The maximum absolute atomic E-state index is 5.92. The number of methoxy groups -OCH3 is 1. The van der Waals surface area contributed by atoms with Crippen LogP contribution in [-0.4, -0.2) is 17.3 Å². The van der Waals surface area contributed by atoms with Crippen LogP contribution in [0.5, 0.6) is 5.75 Å². The van der Waals surface area contributed by atoms with Crippen molar-refractivity contribution in [1.29, 1.82) is 0 Å². The molecule has 0 unspecified atom stereocenters. The third kappa shape index (κ3) is 2.34. The zero-order valence-electron chi connectivity index (χ0n) is 13.7. The molecule has 0 bridgehead atoms. The van der Waals surface area contributed by atoms with Crippen LogP contribution in [0, 0.1) is 13.8 Å². The highest BCUT2D eigenvalue weighted by Gasteiger charge is 2.19. The molecule has 0 radical (unpaired) electrons. The summed E-state index contributed by atoms with van der Waals surface area (Å²) in [5.74, 6) is 2.32. The Morgan fingerprint density at radius 1 is 1.04 bits per heavy atom. The Morgan fingerprint density at radius 2 is 1.92 bits per heavy atom. The molecule has 0 atom stereocenters. The van der Waals surface area contributed by atoms with E-state index in [9.17, 15) is 0 Å². The molecule has 0 fully saturated rings. The fraction of sp³-hybridized carbons (Fsp3) is 0.158. The summed E-state index contributed by atoms with van der Waals surface area (Å²) in [5, 5.41) is 5.06. The molecular formula is C19H16N2O3. The van der Waals surface area contributed by atoms with Gasteiger partial charge in [-0.3, -0.25) is 0 Å². The van der Waals surface area contributed by atoms with E-state index in [1.165, 1.54) is 0 Å². The molecule has 2 aromatic heterocycles. The number of aryl methyl sites for hydroxylation is 2. The fourth-order valence-electron chi connectivity index (χ4n) is 2.75. The van der Waals surface area contributed by atoms with Crippen molar-refractivity contribution in [1.82, 2.24) is 10.1 Å². The second kappa shape index (κ2) is 5.53. The predicted molar refractivity (Wildman–Crippen MR) is 91.0 cm³/mol. The summed E-state index contributed by atoms with van der Waals surface area (Å²) in [6.07, 6.45) is 0. The van der Waals surface area contributed by atoms with Crippen molar-refractivity contribution in [3.63, 3.8) is 0 Å². The van der Waals surface area contributed by atoms with E-state index >= 15 is 0 Å². The molecular weight excluding hydrogens is 304 g/mol. The van der Waals surface area contributed by atoms with Crippen LogP contribution in [0.1, 0.15) is 11.1 Å². The van der Waals surface area contributed by atoms with Crippen LogP contribution < -0.4 is 4.74 Å². The van der Waals surface area contributed by atoms with Crippen LogP contribution in [-0.2, 0) is 0 Å². The number of hydrogen-bond donors (Lipinski definition) is 0. The fourth-order valence-corrected chi connectivity index (χ4v) is 2.75. The number of nitrogens with zero attached hydrogens (tertiary/aromatic N) is 2. The van der Waals surface area contributed by atoms with Crippen LogP contribution in [0.4, 0.5) is 0 Å². The van der Waals surface area contributed by atoms with Crippen molar-refractivity contribution in [2.75, 3.05) is 7.11 Å². The number of ether oxygens (including phenoxy) is 1. The minimum Gasteiger partial charge on any atom is -0.497 e. The minimum atomic E-state index is 0.444. The van der Waals surface area contributed by atoms with E-state index in [0.717, 1.165) is 33.4 Å². The van der Waals surface area contributed by atoms with E-state index in [4.69, 9.17) is 13.7 Å². The standard InChI is InChI=1S/C19H16N2O3/c1-11-5-4-6-13(9-11)19-20-18(21-24-19)17-12(2)15-10-14(22-3)7-8-16(15)23-17/h4-10H,1-3H3. The number of fused-ring (bicyclic) bond motifs is 1. The summed E-state index contributed by atoms with van der Waals surface area (Å²) in [4.78, 5) is 4.49. The lowest BCUT2D eigenvalue weighted by Crippen LogP contribution is -1.83. The van der Waals surface area contributed by atoms with Crippen molar-refractivity contribution < 1.29 is 13.7 Å². The summed E-state index contributed by atoms with van der Waals surface area (Å²) in [6, 6.07) is 13.6. The first kappa shape index (κ1) is 14.5. The zero-order valence-corrected chi connectivity index (χ0v) is 13.7. The Kier molecular flexibility index (Phi) is 3.34. The smallest absolute Gasteiger partial charge is 0.258 e. The SMILES string of the molecule is COc1ccc2oc(-c3noc(-c4cccc(C)c4)n3)c(C)c2c1. The molecule has 5 nitrogen and oxygen atoms in total. The van der Waals surface area contributed by atoms with Gasteiger partial charge in [-0.05, 0) is 44.2 Å². The van der Waals surface area contributed by atoms with Crippen molar-refractivity contribution in [3.05, 3.63) is 53.6 Å². The van der Waals surface area contributed by atoms with Crippen LogP contribution in [0.3, 0.4) is 0 Å². The Balaban J connectivity index is 1.79. The Hall–Kier alpha value is -3.08. The maximum Gasteiger partial charge on any atom is 0.258 e. The molecule has 5 heteroatoms. The van der Waals surface area contributed by atoms with E-state index in [-0.39, 0.29) is 0 Å². The van der Waals surface area contributed by atoms with Crippen LogP contribution >= 0.6 is 0 Å². The lowest BCUT2D eigenvalue weighted by Gasteiger charge is -1.97. The topological polar surface area (TPSA) is 61.3 Å². The molecule has 2 aromatic carbocycles. The highest BCUT2D eigenvalue weighted by molar-refractivity contribution is 5.87. The average molecular weight is 320 g/mol. The number of rotatable bonds is 3. The Bertz CT molecular complexity index is 1030. The van der Waals surface area contributed by atoms with Gasteiger partial charge in [-0.25, -0.2) is 0 Å². The van der Waals surface area contributed by atoms with E-state index in [1.54, 1.807) is 7.11 Å². The normalized spacial score (nSPS) is 11.1. The predicted octanol–water partition coefficient (Wildman–Crippen LogP) is 4.78. The summed E-state index contributed by atoms with van der Waals surface area (Å²) >= 11 is 0. The van der Waals surface area contributed by atoms with E-state index in [0.29, 0.717) is 17.5 Å². The highest BCUT2D eigenvalue weighted by atomic mass is 16.5. The van der Waals surface area contributed by atoms with Gasteiger partial charge in [0.25, 0.3) is 5.89 Å². The number of benzene rings is 2. The Labute approximate surface area is 138 Å². The van der Waals surface area contributed by atoms with Crippen LogP contribution in [0.25, 0.3) is 34.0 Å². The van der Waals surface area contributed by atoms with Gasteiger partial charge in [0.2, 0.25) is 5.82 Å².